The highest BCUT2D eigenvalue weighted by Crippen LogP contribution is 2.43. The Balaban J connectivity index is 1.72. The number of carbonyl (C=O) groups is 1. The Morgan fingerprint density at radius 3 is 2.44 bits per heavy atom. The smallest absolute Gasteiger partial charge is 0.289 e. The van der Waals surface area contributed by atoms with Crippen molar-refractivity contribution in [1.29, 1.82) is 0 Å². The van der Waals surface area contributed by atoms with Crippen molar-refractivity contribution in [2.24, 2.45) is 0 Å². The van der Waals surface area contributed by atoms with E-state index in [1.807, 2.05) is 0 Å². The molecule has 1 atom stereocenters. The van der Waals surface area contributed by atoms with Gasteiger partial charge in [-0.05, 0) is 48.1 Å². The molecule has 0 bridgehead atoms. The van der Waals surface area contributed by atoms with Crippen LogP contribution in [0.15, 0.2) is 54.6 Å². The number of alkyl halides is 3. The Labute approximate surface area is 194 Å². The van der Waals surface area contributed by atoms with Gasteiger partial charge in [0.1, 0.15) is 10.4 Å². The van der Waals surface area contributed by atoms with E-state index in [2.05, 4.69) is 4.98 Å². The fraction of sp³-hybridized carbons (Fsp3) is 0.333. The van der Waals surface area contributed by atoms with Crippen molar-refractivity contribution in [1.82, 2.24) is 10.5 Å². The van der Waals surface area contributed by atoms with Crippen LogP contribution in [0, 0.1) is 0 Å². The van der Waals surface area contributed by atoms with Crippen LogP contribution < -0.4 is 5.48 Å². The van der Waals surface area contributed by atoms with Gasteiger partial charge in [-0.15, -0.1) is 0 Å². The van der Waals surface area contributed by atoms with Crippen LogP contribution in [-0.4, -0.2) is 30.3 Å². The highest BCUT2D eigenvalue weighted by atomic mass is 32.2. The molecule has 1 aliphatic heterocycles. The fourth-order valence-corrected chi connectivity index (χ4v) is 6.94. The lowest BCUT2D eigenvalue weighted by Gasteiger charge is -2.36. The van der Waals surface area contributed by atoms with E-state index in [1.54, 1.807) is 42.5 Å². The zero-order valence-corrected chi connectivity index (χ0v) is 18.9. The number of sulfone groups is 1. The van der Waals surface area contributed by atoms with Crippen molar-refractivity contribution < 1.29 is 31.6 Å². The summed E-state index contributed by atoms with van der Waals surface area (Å²) in [5.41, 5.74) is 2.35. The van der Waals surface area contributed by atoms with E-state index in [1.165, 1.54) is 11.5 Å². The molecule has 1 aromatic heterocycles. The molecule has 4 rings (SSSR count). The Kier molecular flexibility index (Phi) is 6.39. The van der Waals surface area contributed by atoms with Gasteiger partial charge in [-0.2, -0.15) is 13.2 Å². The molecule has 1 saturated heterocycles. The average molecular weight is 493 g/mol. The number of nitrogens with zero attached hydrogens (tertiary/aromatic N) is 1. The van der Waals surface area contributed by atoms with Crippen LogP contribution in [0.25, 0.3) is 10.9 Å². The van der Waals surface area contributed by atoms with Crippen molar-refractivity contribution in [3.8, 4) is 0 Å². The Hall–Kier alpha value is -2.98. The lowest BCUT2D eigenvalue weighted by Crippen LogP contribution is -2.44. The van der Waals surface area contributed by atoms with Gasteiger partial charge < -0.3 is 0 Å². The highest BCUT2D eigenvalue weighted by Gasteiger charge is 2.48. The topological polar surface area (TPSA) is 96.4 Å². The van der Waals surface area contributed by atoms with E-state index in [-0.39, 0.29) is 24.1 Å². The number of hydrogen-bond donors (Lipinski definition) is 2. The maximum Gasteiger partial charge on any atom is 0.433 e. The summed E-state index contributed by atoms with van der Waals surface area (Å²) < 4.78 is 64.7. The lowest BCUT2D eigenvalue weighted by molar-refractivity contribution is -0.141. The maximum atomic E-state index is 13.4. The summed E-state index contributed by atoms with van der Waals surface area (Å²) >= 11 is 0. The van der Waals surface area contributed by atoms with E-state index >= 15 is 0 Å². The van der Waals surface area contributed by atoms with Crippen LogP contribution in [-0.2, 0) is 32.0 Å². The molecule has 10 heteroatoms. The summed E-state index contributed by atoms with van der Waals surface area (Å²) in [4.78, 5) is 15.7. The molecular weight excluding hydrogens is 469 g/mol. The molecule has 0 radical (unpaired) electrons. The first-order chi connectivity index (χ1) is 16.1. The largest absolute Gasteiger partial charge is 0.433 e. The van der Waals surface area contributed by atoms with E-state index < -0.39 is 38.8 Å². The third-order valence-corrected chi connectivity index (χ3v) is 8.98. The van der Waals surface area contributed by atoms with Crippen molar-refractivity contribution >= 4 is 26.6 Å². The zero-order valence-electron chi connectivity index (χ0n) is 18.1. The molecule has 0 saturated carbocycles. The monoisotopic (exact) mass is 492 g/mol. The number of pyridine rings is 1. The number of para-hydroxylation sites is 1. The molecule has 1 fully saturated rings. The number of fused-ring (bicyclic) bond motifs is 1. The summed E-state index contributed by atoms with van der Waals surface area (Å²) in [6, 6.07) is 14.2. The number of carbonyl (C=O) groups excluding carboxylic acids is 1. The van der Waals surface area contributed by atoms with E-state index in [0.29, 0.717) is 34.9 Å². The molecule has 2 N–H and O–H groups in total. The molecular formula is C24H23F3N2O4S. The number of nitrogens with one attached hydrogen (secondary N) is 1. The minimum absolute atomic E-state index is 0.0588. The highest BCUT2D eigenvalue weighted by molar-refractivity contribution is 7.92. The van der Waals surface area contributed by atoms with Crippen LogP contribution in [0.2, 0.25) is 0 Å². The van der Waals surface area contributed by atoms with Crippen molar-refractivity contribution in [3.05, 3.63) is 77.0 Å². The van der Waals surface area contributed by atoms with Crippen LogP contribution in [0.3, 0.4) is 0 Å². The molecule has 3 aromatic rings. The Morgan fingerprint density at radius 1 is 1.09 bits per heavy atom. The van der Waals surface area contributed by atoms with Gasteiger partial charge in [-0.25, -0.2) is 18.9 Å². The van der Waals surface area contributed by atoms with E-state index in [4.69, 9.17) is 5.21 Å². The summed E-state index contributed by atoms with van der Waals surface area (Å²) in [7, 11) is -3.67. The summed E-state index contributed by atoms with van der Waals surface area (Å²) in [5, 5.41) is 9.59. The fourth-order valence-electron chi connectivity index (χ4n) is 4.66. The van der Waals surface area contributed by atoms with Gasteiger partial charge >= 0.3 is 6.18 Å². The van der Waals surface area contributed by atoms with Crippen LogP contribution in [0.4, 0.5) is 13.2 Å². The molecule has 180 valence electrons. The van der Waals surface area contributed by atoms with Gasteiger partial charge in [0.2, 0.25) is 5.91 Å². The molecule has 34 heavy (non-hydrogen) atoms. The Bertz CT molecular complexity index is 1320. The Morgan fingerprint density at radius 2 is 1.79 bits per heavy atom. The first kappa shape index (κ1) is 24.2. The van der Waals surface area contributed by atoms with Crippen molar-refractivity contribution in [2.45, 2.75) is 43.0 Å². The number of amides is 1. The van der Waals surface area contributed by atoms with Gasteiger partial charge in [0.25, 0.3) is 0 Å². The second kappa shape index (κ2) is 8.99. The molecule has 2 heterocycles. The third-order valence-electron chi connectivity index (χ3n) is 6.38. The molecule has 1 unspecified atom stereocenters. The van der Waals surface area contributed by atoms with Crippen LogP contribution in [0.5, 0.6) is 0 Å². The number of benzene rings is 2. The second-order valence-electron chi connectivity index (χ2n) is 8.54. The van der Waals surface area contributed by atoms with Gasteiger partial charge in [0.05, 0.1) is 17.7 Å². The van der Waals surface area contributed by atoms with Crippen molar-refractivity contribution in [3.63, 3.8) is 0 Å². The van der Waals surface area contributed by atoms with Crippen LogP contribution in [0.1, 0.15) is 48.1 Å². The first-order valence-electron chi connectivity index (χ1n) is 10.8. The number of hydroxylamine groups is 1. The first-order valence-corrected chi connectivity index (χ1v) is 12.4. The average Bonchev–Trinajstić information content (AvgIpc) is 2.80. The van der Waals surface area contributed by atoms with E-state index in [0.717, 1.165) is 6.07 Å². The molecule has 1 aliphatic rings. The zero-order chi connectivity index (χ0) is 24.6. The van der Waals surface area contributed by atoms with Gasteiger partial charge in [-0.1, -0.05) is 48.9 Å². The minimum Gasteiger partial charge on any atom is -0.289 e. The van der Waals surface area contributed by atoms with Crippen LogP contribution >= 0.6 is 0 Å². The second-order valence-corrected chi connectivity index (χ2v) is 11.0. The SMILES string of the molecule is O=C(CC1(c2ccc(Cc3cc(C(F)(F)F)nc4ccccc34)cc2)CCCCS1(=O)=O)NO. The predicted octanol–water partition coefficient (Wildman–Crippen LogP) is 4.53. The predicted molar refractivity (Wildman–Crippen MR) is 120 cm³/mol. The quantitative estimate of drug-likeness (QED) is 0.403. The van der Waals surface area contributed by atoms with Gasteiger partial charge in [0.15, 0.2) is 9.84 Å². The molecule has 0 aliphatic carbocycles. The van der Waals surface area contributed by atoms with Crippen molar-refractivity contribution in [2.75, 3.05) is 5.75 Å². The number of halogens is 3. The standard InChI is InChI=1S/C24H23F3N2O4S/c25-24(26,27)21-14-17(19-5-1-2-6-20(19)28-21)13-16-7-9-18(10-8-16)23(15-22(30)29-31)11-3-4-12-34(23,32)33/h1-2,5-10,14,31H,3-4,11-13,15H2,(H,29,30). The number of hydrogen-bond acceptors (Lipinski definition) is 5. The summed E-state index contributed by atoms with van der Waals surface area (Å²) in [5.74, 6) is -0.853. The number of rotatable bonds is 5. The minimum atomic E-state index is -4.59. The normalized spacial score (nSPS) is 20.2. The lowest BCUT2D eigenvalue weighted by atomic mass is 9.87. The molecule has 6 nitrogen and oxygen atoms in total. The summed E-state index contributed by atoms with van der Waals surface area (Å²) in [6.07, 6.45) is -3.45. The molecule has 2 aromatic carbocycles. The number of aromatic nitrogens is 1. The maximum absolute atomic E-state index is 13.4. The van der Waals surface area contributed by atoms with Gasteiger partial charge in [0, 0.05) is 5.39 Å². The molecule has 1 amide bonds. The van der Waals surface area contributed by atoms with E-state index in [9.17, 15) is 26.4 Å². The third kappa shape index (κ3) is 4.52. The van der Waals surface area contributed by atoms with Gasteiger partial charge in [-0.3, -0.25) is 10.0 Å². The molecule has 0 spiro atoms. The summed E-state index contributed by atoms with van der Waals surface area (Å²) in [6.45, 7) is 0.